The number of aliphatic hydroxyl groups excluding tert-OH is 2. The summed E-state index contributed by atoms with van der Waals surface area (Å²) in [5.74, 6) is 0.869. The average molecular weight is 410 g/mol. The fourth-order valence-corrected chi connectivity index (χ4v) is 3.00. The molecule has 0 saturated carbocycles. The summed E-state index contributed by atoms with van der Waals surface area (Å²) in [6.45, 7) is 0.854. The van der Waals surface area contributed by atoms with Gasteiger partial charge in [0, 0.05) is 19.1 Å². The SMILES string of the molecule is N#Cc1ccc(/N=N/c2ccc(OCCCCCCCCC(CO)CO)cc2)cc1. The van der Waals surface area contributed by atoms with Crippen LogP contribution >= 0.6 is 0 Å². The first kappa shape index (κ1) is 23.5. The average Bonchev–Trinajstić information content (AvgIpc) is 2.80. The van der Waals surface area contributed by atoms with Gasteiger partial charge in [-0.05, 0) is 61.4 Å². The molecular weight excluding hydrogens is 378 g/mol. The Morgan fingerprint density at radius 1 is 0.767 bits per heavy atom. The summed E-state index contributed by atoms with van der Waals surface area (Å²) in [5, 5.41) is 35.2. The van der Waals surface area contributed by atoms with Crippen molar-refractivity contribution in [3.05, 3.63) is 54.1 Å². The molecule has 0 aliphatic carbocycles. The van der Waals surface area contributed by atoms with Gasteiger partial charge in [0.25, 0.3) is 0 Å². The van der Waals surface area contributed by atoms with E-state index in [-0.39, 0.29) is 19.1 Å². The van der Waals surface area contributed by atoms with E-state index in [0.717, 1.165) is 43.5 Å². The lowest BCUT2D eigenvalue weighted by atomic mass is 10.0. The van der Waals surface area contributed by atoms with Gasteiger partial charge < -0.3 is 14.9 Å². The number of benzene rings is 2. The lowest BCUT2D eigenvalue weighted by molar-refractivity contribution is 0.141. The van der Waals surface area contributed by atoms with Crippen molar-refractivity contribution in [1.82, 2.24) is 0 Å². The quantitative estimate of drug-likeness (QED) is 0.309. The molecule has 160 valence electrons. The van der Waals surface area contributed by atoms with Gasteiger partial charge in [0.15, 0.2) is 0 Å². The van der Waals surface area contributed by atoms with Crippen LogP contribution in [0, 0.1) is 17.2 Å². The second-order valence-corrected chi connectivity index (χ2v) is 7.34. The summed E-state index contributed by atoms with van der Waals surface area (Å²) in [7, 11) is 0. The zero-order chi connectivity index (χ0) is 21.4. The molecule has 2 aromatic carbocycles. The van der Waals surface area contributed by atoms with Crippen LogP contribution in [0.3, 0.4) is 0 Å². The fourth-order valence-electron chi connectivity index (χ4n) is 3.00. The molecule has 0 unspecified atom stereocenters. The molecule has 0 spiro atoms. The van der Waals surface area contributed by atoms with Crippen molar-refractivity contribution in [2.45, 2.75) is 44.9 Å². The highest BCUT2D eigenvalue weighted by Gasteiger charge is 2.04. The molecule has 0 aliphatic rings. The number of hydrogen-bond acceptors (Lipinski definition) is 6. The standard InChI is InChI=1S/C24H31N3O3/c25-17-20-8-10-22(11-9-20)26-27-23-12-14-24(15-13-23)30-16-6-4-2-1-3-5-7-21(18-28)19-29/h8-15,21,28-29H,1-7,16,18-19H2/b27-26+. The monoisotopic (exact) mass is 409 g/mol. The van der Waals surface area contributed by atoms with E-state index in [4.69, 9.17) is 20.2 Å². The highest BCUT2D eigenvalue weighted by molar-refractivity contribution is 5.44. The van der Waals surface area contributed by atoms with Crippen LogP contribution in [0.25, 0.3) is 0 Å². The Morgan fingerprint density at radius 3 is 1.87 bits per heavy atom. The minimum atomic E-state index is 0.0437. The first-order chi connectivity index (χ1) is 14.7. The summed E-state index contributed by atoms with van der Waals surface area (Å²) in [6, 6.07) is 16.6. The minimum absolute atomic E-state index is 0.0437. The fraction of sp³-hybridized carbons (Fsp3) is 0.458. The number of nitriles is 1. The number of rotatable bonds is 14. The van der Waals surface area contributed by atoms with E-state index in [2.05, 4.69) is 16.3 Å². The van der Waals surface area contributed by atoms with Gasteiger partial charge in [-0.1, -0.05) is 32.1 Å². The molecule has 0 radical (unpaired) electrons. The van der Waals surface area contributed by atoms with Gasteiger partial charge in [-0.2, -0.15) is 15.5 Å². The van der Waals surface area contributed by atoms with Crippen LogP contribution in [0.4, 0.5) is 11.4 Å². The Hall–Kier alpha value is -2.75. The Bertz CT molecular complexity index is 779. The third kappa shape index (κ3) is 9.17. The van der Waals surface area contributed by atoms with Crippen LogP contribution in [-0.2, 0) is 0 Å². The number of unbranched alkanes of at least 4 members (excludes halogenated alkanes) is 5. The molecule has 0 atom stereocenters. The largest absolute Gasteiger partial charge is 0.494 e. The van der Waals surface area contributed by atoms with Gasteiger partial charge in [-0.3, -0.25) is 0 Å². The number of azo groups is 1. The van der Waals surface area contributed by atoms with Crippen LogP contribution < -0.4 is 4.74 Å². The van der Waals surface area contributed by atoms with E-state index in [0.29, 0.717) is 17.9 Å². The molecule has 6 nitrogen and oxygen atoms in total. The van der Waals surface area contributed by atoms with Gasteiger partial charge >= 0.3 is 0 Å². The van der Waals surface area contributed by atoms with Crippen molar-refractivity contribution < 1.29 is 14.9 Å². The molecule has 0 aliphatic heterocycles. The lowest BCUT2D eigenvalue weighted by Gasteiger charge is -2.10. The highest BCUT2D eigenvalue weighted by Crippen LogP contribution is 2.22. The molecule has 30 heavy (non-hydrogen) atoms. The topological polar surface area (TPSA) is 98.2 Å². The van der Waals surface area contributed by atoms with Crippen molar-refractivity contribution in [3.63, 3.8) is 0 Å². The van der Waals surface area contributed by atoms with E-state index >= 15 is 0 Å². The molecule has 0 aromatic heterocycles. The van der Waals surface area contributed by atoms with Crippen molar-refractivity contribution in [2.75, 3.05) is 19.8 Å². The molecule has 0 saturated heterocycles. The second-order valence-electron chi connectivity index (χ2n) is 7.34. The maximum absolute atomic E-state index is 9.03. The summed E-state index contributed by atoms with van der Waals surface area (Å²) < 4.78 is 5.78. The Balaban J connectivity index is 1.57. The van der Waals surface area contributed by atoms with Crippen LogP contribution in [0.5, 0.6) is 5.75 Å². The highest BCUT2D eigenvalue weighted by atomic mass is 16.5. The summed E-state index contributed by atoms with van der Waals surface area (Å²) in [6.07, 6.45) is 7.64. The van der Waals surface area contributed by atoms with Gasteiger partial charge in [0.2, 0.25) is 0 Å². The van der Waals surface area contributed by atoms with Crippen molar-refractivity contribution in [3.8, 4) is 11.8 Å². The van der Waals surface area contributed by atoms with E-state index < -0.39 is 0 Å². The molecule has 0 fully saturated rings. The smallest absolute Gasteiger partial charge is 0.119 e. The molecule has 2 rings (SSSR count). The predicted molar refractivity (Wildman–Crippen MR) is 117 cm³/mol. The van der Waals surface area contributed by atoms with Crippen molar-refractivity contribution >= 4 is 11.4 Å². The Kier molecular flexibility index (Phi) is 11.2. The van der Waals surface area contributed by atoms with Crippen LogP contribution in [-0.4, -0.2) is 30.0 Å². The number of aliphatic hydroxyl groups is 2. The lowest BCUT2D eigenvalue weighted by Crippen LogP contribution is -2.10. The van der Waals surface area contributed by atoms with E-state index in [1.165, 1.54) is 12.8 Å². The maximum atomic E-state index is 9.03. The molecule has 0 heterocycles. The van der Waals surface area contributed by atoms with Gasteiger partial charge in [-0.15, -0.1) is 0 Å². The molecule has 6 heteroatoms. The third-order valence-electron chi connectivity index (χ3n) is 4.91. The molecule has 2 N–H and O–H groups in total. The Labute approximate surface area is 178 Å². The van der Waals surface area contributed by atoms with Gasteiger partial charge in [-0.25, -0.2) is 0 Å². The van der Waals surface area contributed by atoms with E-state index in [1.807, 2.05) is 24.3 Å². The molecule has 0 bridgehead atoms. The summed E-state index contributed by atoms with van der Waals surface area (Å²) >= 11 is 0. The van der Waals surface area contributed by atoms with Crippen molar-refractivity contribution in [1.29, 1.82) is 5.26 Å². The number of hydrogen-bond donors (Lipinski definition) is 2. The molecule has 0 amide bonds. The van der Waals surface area contributed by atoms with Crippen molar-refractivity contribution in [2.24, 2.45) is 16.1 Å². The molecule has 2 aromatic rings. The first-order valence-electron chi connectivity index (χ1n) is 10.6. The van der Waals surface area contributed by atoms with Gasteiger partial charge in [0.1, 0.15) is 5.75 Å². The maximum Gasteiger partial charge on any atom is 0.119 e. The minimum Gasteiger partial charge on any atom is -0.494 e. The number of ether oxygens (including phenoxy) is 1. The number of nitrogens with zero attached hydrogens (tertiary/aromatic N) is 3. The van der Waals surface area contributed by atoms with Crippen LogP contribution in [0.1, 0.15) is 50.5 Å². The predicted octanol–water partition coefficient (Wildman–Crippen LogP) is 5.68. The Morgan fingerprint density at radius 2 is 1.30 bits per heavy atom. The zero-order valence-electron chi connectivity index (χ0n) is 17.4. The zero-order valence-corrected chi connectivity index (χ0v) is 17.4. The first-order valence-corrected chi connectivity index (χ1v) is 10.6. The van der Waals surface area contributed by atoms with Gasteiger partial charge in [0.05, 0.1) is 29.6 Å². The summed E-state index contributed by atoms with van der Waals surface area (Å²) in [5.41, 5.74) is 2.05. The van der Waals surface area contributed by atoms with Crippen LogP contribution in [0.15, 0.2) is 58.8 Å². The van der Waals surface area contributed by atoms with E-state index in [1.54, 1.807) is 24.3 Å². The van der Waals surface area contributed by atoms with Crippen LogP contribution in [0.2, 0.25) is 0 Å². The van der Waals surface area contributed by atoms with E-state index in [9.17, 15) is 0 Å². The third-order valence-corrected chi connectivity index (χ3v) is 4.91. The second kappa shape index (κ2) is 14.3. The normalized spacial score (nSPS) is 11.1. The summed E-state index contributed by atoms with van der Waals surface area (Å²) in [4.78, 5) is 0. The molecular formula is C24H31N3O3.